The summed E-state index contributed by atoms with van der Waals surface area (Å²) in [6, 6.07) is 15.2. The van der Waals surface area contributed by atoms with Gasteiger partial charge in [0.1, 0.15) is 0 Å². The van der Waals surface area contributed by atoms with Crippen molar-refractivity contribution in [1.29, 1.82) is 0 Å². The number of hydrogen-bond acceptors (Lipinski definition) is 6. The van der Waals surface area contributed by atoms with Crippen LogP contribution in [-0.4, -0.2) is 42.4 Å². The molecule has 1 aliphatic rings. The zero-order valence-corrected chi connectivity index (χ0v) is 14.7. The lowest BCUT2D eigenvalue weighted by atomic mass is 10.1. The first-order valence-electron chi connectivity index (χ1n) is 8.62. The zero-order chi connectivity index (χ0) is 19.3. The molecule has 0 spiro atoms. The molecule has 0 fully saturated rings. The van der Waals surface area contributed by atoms with Gasteiger partial charge in [0.25, 0.3) is 5.69 Å². The van der Waals surface area contributed by atoms with Gasteiger partial charge in [0.2, 0.25) is 5.95 Å². The molecular formula is C20H21N8O+. The van der Waals surface area contributed by atoms with Gasteiger partial charge in [0, 0.05) is 28.0 Å². The van der Waals surface area contributed by atoms with Gasteiger partial charge < -0.3 is 5.73 Å². The minimum Gasteiger partial charge on any atom is -0.370 e. The van der Waals surface area contributed by atoms with E-state index in [-0.39, 0.29) is 13.4 Å². The summed E-state index contributed by atoms with van der Waals surface area (Å²) < 4.78 is 2.81. The van der Waals surface area contributed by atoms with Crippen molar-refractivity contribution in [3.63, 3.8) is 0 Å². The third kappa shape index (κ3) is 2.89. The van der Waals surface area contributed by atoms with Crippen LogP contribution in [0, 0.1) is 0 Å². The maximum atomic E-state index is 9.66. The number of hydrogen-bond donors (Lipinski definition) is 4. The molecule has 0 radical (unpaired) electrons. The fraction of sp³-hybridized carbons (Fsp3) is 0.100. The number of para-hydroxylation sites is 2. The van der Waals surface area contributed by atoms with Gasteiger partial charge in [-0.15, -0.1) is 0 Å². The molecule has 29 heavy (non-hydrogen) atoms. The molecule has 5 rings (SSSR count). The van der Waals surface area contributed by atoms with E-state index in [9.17, 15) is 5.21 Å². The number of aromatic nitrogens is 4. The highest BCUT2D eigenvalue weighted by Gasteiger charge is 2.28. The van der Waals surface area contributed by atoms with E-state index in [2.05, 4.69) is 32.2 Å². The second kappa shape index (κ2) is 6.79. The lowest BCUT2D eigenvalue weighted by Gasteiger charge is -2.23. The predicted molar refractivity (Wildman–Crippen MR) is 113 cm³/mol. The first kappa shape index (κ1) is 18.2. The third-order valence-electron chi connectivity index (χ3n) is 4.72. The molecular weight excluding hydrogens is 368 g/mol. The van der Waals surface area contributed by atoms with Crippen molar-refractivity contribution in [2.24, 2.45) is 10.7 Å². The number of nitrogens with one attached hydrogen (secondary N) is 2. The Kier molecular flexibility index (Phi) is 4.27. The van der Waals surface area contributed by atoms with E-state index in [1.165, 1.54) is 0 Å². The van der Waals surface area contributed by atoms with Crippen LogP contribution in [0.4, 0.5) is 11.6 Å². The van der Waals surface area contributed by atoms with Crippen molar-refractivity contribution < 1.29 is 9.95 Å². The van der Waals surface area contributed by atoms with Gasteiger partial charge >= 0.3 is 0 Å². The van der Waals surface area contributed by atoms with Gasteiger partial charge in [0.05, 0.1) is 22.9 Å². The fourth-order valence-corrected chi connectivity index (χ4v) is 3.47. The minimum atomic E-state index is -0.439. The van der Waals surface area contributed by atoms with E-state index >= 15 is 0 Å². The van der Waals surface area contributed by atoms with E-state index in [0.29, 0.717) is 11.6 Å². The first-order valence-corrected chi connectivity index (χ1v) is 8.62. The van der Waals surface area contributed by atoms with Crippen LogP contribution in [0.25, 0.3) is 22.3 Å². The number of H-pyrrole nitrogens is 1. The van der Waals surface area contributed by atoms with Crippen LogP contribution in [0.2, 0.25) is 0 Å². The first-order chi connectivity index (χ1) is 13.6. The molecule has 5 N–H and O–H groups in total. The summed E-state index contributed by atoms with van der Waals surface area (Å²) in [7, 11) is 0. The summed E-state index contributed by atoms with van der Waals surface area (Å²) in [5.74, 6) is 0.909. The van der Waals surface area contributed by atoms with Crippen molar-refractivity contribution in [1.82, 2.24) is 19.7 Å². The van der Waals surface area contributed by atoms with Crippen LogP contribution in [0.15, 0.2) is 59.7 Å². The van der Waals surface area contributed by atoms with E-state index in [1.807, 2.05) is 47.0 Å². The van der Waals surface area contributed by atoms with Crippen molar-refractivity contribution >= 4 is 35.3 Å². The second-order valence-electron chi connectivity index (χ2n) is 6.46. The number of rotatable bonds is 3. The summed E-state index contributed by atoms with van der Waals surface area (Å²) in [5, 5.41) is 19.9. The van der Waals surface area contributed by atoms with Crippen LogP contribution in [-0.2, 0) is 0 Å². The summed E-state index contributed by atoms with van der Waals surface area (Å²) in [6.07, 6.45) is 1.29. The molecule has 1 unspecified atom stereocenters. The van der Waals surface area contributed by atoms with Gasteiger partial charge in [-0.05, 0) is 12.1 Å². The van der Waals surface area contributed by atoms with E-state index in [0.717, 1.165) is 32.6 Å². The molecule has 0 saturated heterocycles. The summed E-state index contributed by atoms with van der Waals surface area (Å²) >= 11 is 0. The highest BCUT2D eigenvalue weighted by Crippen LogP contribution is 2.36. The Morgan fingerprint density at radius 1 is 1.17 bits per heavy atom. The van der Waals surface area contributed by atoms with Gasteiger partial charge in [-0.3, -0.25) is 20.2 Å². The number of aromatic amines is 1. The molecule has 0 bridgehead atoms. The van der Waals surface area contributed by atoms with Crippen LogP contribution in [0.1, 0.15) is 19.2 Å². The lowest BCUT2D eigenvalue weighted by Crippen LogP contribution is -2.31. The molecule has 9 nitrogen and oxygen atoms in total. The quantitative estimate of drug-likeness (QED) is 0.186. The third-order valence-corrected chi connectivity index (χ3v) is 4.72. The average molecular weight is 389 g/mol. The monoisotopic (exact) mass is 389 g/mol. The Balaban J connectivity index is 0.00000205. The Bertz CT molecular complexity index is 1250. The van der Waals surface area contributed by atoms with Crippen LogP contribution < -0.4 is 11.1 Å². The summed E-state index contributed by atoms with van der Waals surface area (Å²) in [6.45, 7) is 3.51. The number of fused-ring (bicyclic) bond motifs is 3. The van der Waals surface area contributed by atoms with Crippen LogP contribution >= 0.6 is 0 Å². The van der Waals surface area contributed by atoms with Crippen molar-refractivity contribution in [3.8, 4) is 11.3 Å². The number of benzene rings is 2. The van der Waals surface area contributed by atoms with Crippen molar-refractivity contribution in [2.45, 2.75) is 13.6 Å². The number of nitrogens with zero attached hydrogens (tertiary/aromatic N) is 5. The van der Waals surface area contributed by atoms with Crippen LogP contribution in [0.3, 0.4) is 0 Å². The molecule has 146 valence electrons. The normalized spacial score (nSPS) is 15.2. The molecule has 2 aromatic heterocycles. The average Bonchev–Trinajstić information content (AvgIpc) is 3.32. The maximum Gasteiger partial charge on any atom is 0.257 e. The second-order valence-corrected chi connectivity index (χ2v) is 6.46. The molecule has 3 heterocycles. The Morgan fingerprint density at radius 3 is 2.83 bits per heavy atom. The molecule has 1 atom stereocenters. The number of guanidine groups is 1. The molecule has 4 aromatic rings. The van der Waals surface area contributed by atoms with Crippen molar-refractivity contribution in [2.75, 3.05) is 5.32 Å². The fourth-order valence-electron chi connectivity index (χ4n) is 3.47. The molecule has 0 amide bonds. The maximum absolute atomic E-state index is 9.66. The molecule has 0 aliphatic carbocycles. The Hall–Kier alpha value is -4.14. The van der Waals surface area contributed by atoms with Gasteiger partial charge in [-0.2, -0.15) is 5.10 Å². The SMILES string of the molecule is C.C=[N+](O)c1cccc(-c2[nH]ncc2C2N=C(N)Nc3nc4ccccc4n32)c1. The number of nitrogens with two attached hydrogens (primary N) is 1. The zero-order valence-electron chi connectivity index (χ0n) is 14.7. The summed E-state index contributed by atoms with van der Waals surface area (Å²) in [5.41, 5.74) is 10.8. The van der Waals surface area contributed by atoms with Gasteiger partial charge in [-0.25, -0.2) is 9.98 Å². The smallest absolute Gasteiger partial charge is 0.257 e. The van der Waals surface area contributed by atoms with E-state index in [4.69, 9.17) is 5.73 Å². The van der Waals surface area contributed by atoms with Gasteiger partial charge in [-0.1, -0.05) is 31.7 Å². The highest BCUT2D eigenvalue weighted by atomic mass is 16.5. The molecule has 2 aromatic carbocycles. The Labute approximate surface area is 166 Å². The van der Waals surface area contributed by atoms with Gasteiger partial charge in [0.15, 0.2) is 18.8 Å². The van der Waals surface area contributed by atoms with E-state index in [1.54, 1.807) is 12.3 Å². The van der Waals surface area contributed by atoms with Crippen LogP contribution in [0.5, 0.6) is 0 Å². The van der Waals surface area contributed by atoms with E-state index < -0.39 is 6.17 Å². The number of aliphatic imine (C=N–C) groups is 1. The summed E-state index contributed by atoms with van der Waals surface area (Å²) in [4.78, 5) is 9.22. The highest BCUT2D eigenvalue weighted by molar-refractivity contribution is 5.95. The predicted octanol–water partition coefficient (Wildman–Crippen LogP) is 3.08. The topological polar surface area (TPSA) is 120 Å². The molecule has 1 aliphatic heterocycles. The minimum absolute atomic E-state index is 0. The lowest BCUT2D eigenvalue weighted by molar-refractivity contribution is -0.706. The number of anilines is 1. The largest absolute Gasteiger partial charge is 0.370 e. The molecule has 9 heteroatoms. The number of imidazole rings is 1. The Morgan fingerprint density at radius 2 is 2.00 bits per heavy atom. The van der Waals surface area contributed by atoms with Crippen molar-refractivity contribution in [3.05, 3.63) is 60.3 Å². The molecule has 0 saturated carbocycles. The standard InChI is InChI=1S/C19H17N8O.CH4/c1-26(28)12-6-4-5-11(9-12)16-13(10-21-25-16)17-23-18(20)24-19-22-14-7-2-3-8-15(14)27(17)19;/h2-10,17,28H,1H2,(H,21,25)(H3,20,22,23,24);1H4/q+1;.